The lowest BCUT2D eigenvalue weighted by Crippen LogP contribution is -2.50. The maximum Gasteiger partial charge on any atom is 0.321 e. The van der Waals surface area contributed by atoms with Crippen LogP contribution in [-0.2, 0) is 9.53 Å². The van der Waals surface area contributed by atoms with Gasteiger partial charge in [0.2, 0.25) is 0 Å². The molecule has 16 heavy (non-hydrogen) atoms. The monoisotopic (exact) mass is 229 g/mol. The summed E-state index contributed by atoms with van der Waals surface area (Å²) in [6.45, 7) is 7.13. The molecule has 0 aromatic carbocycles. The summed E-state index contributed by atoms with van der Waals surface area (Å²) >= 11 is 0. The smallest absolute Gasteiger partial charge is 0.321 e. The van der Waals surface area contributed by atoms with E-state index in [-0.39, 0.29) is 12.0 Å². The van der Waals surface area contributed by atoms with Gasteiger partial charge in [-0.05, 0) is 31.7 Å². The first-order chi connectivity index (χ1) is 7.66. The molecule has 1 heterocycles. The van der Waals surface area contributed by atoms with E-state index in [1.165, 1.54) is 0 Å². The van der Waals surface area contributed by atoms with Gasteiger partial charge in [-0.25, -0.2) is 0 Å². The number of likely N-dealkylation sites (tertiary alicyclic amines) is 1. The van der Waals surface area contributed by atoms with Gasteiger partial charge in [-0.15, -0.1) is 0 Å². The Bertz CT molecular complexity index is 220. The average Bonchev–Trinajstić information content (AvgIpc) is 2.24. The molecule has 0 aliphatic carbocycles. The fraction of sp³-hybridized carbons (Fsp3) is 0.917. The van der Waals surface area contributed by atoms with Crippen LogP contribution in [0.4, 0.5) is 0 Å². The van der Waals surface area contributed by atoms with E-state index in [0.29, 0.717) is 6.61 Å². The van der Waals surface area contributed by atoms with Gasteiger partial charge in [0.15, 0.2) is 0 Å². The molecule has 1 rings (SSSR count). The van der Waals surface area contributed by atoms with E-state index in [1.54, 1.807) is 0 Å². The van der Waals surface area contributed by atoms with Crippen molar-refractivity contribution in [1.82, 2.24) is 4.90 Å². The summed E-state index contributed by atoms with van der Waals surface area (Å²) in [4.78, 5) is 13.2. The van der Waals surface area contributed by atoms with Crippen molar-refractivity contribution in [3.8, 4) is 0 Å². The zero-order chi connectivity index (χ0) is 12.0. The molecule has 0 amide bonds. The SMILES string of the molecule is CCCOCCN1CCCC(C)C1C(=O)O. The van der Waals surface area contributed by atoms with Crippen LogP contribution < -0.4 is 0 Å². The van der Waals surface area contributed by atoms with Crippen molar-refractivity contribution in [2.24, 2.45) is 5.92 Å². The quantitative estimate of drug-likeness (QED) is 0.703. The number of carboxylic acids is 1. The third-order valence-electron chi connectivity index (χ3n) is 3.16. The number of hydrogen-bond acceptors (Lipinski definition) is 3. The van der Waals surface area contributed by atoms with Crippen LogP contribution in [0.25, 0.3) is 0 Å². The van der Waals surface area contributed by atoms with E-state index >= 15 is 0 Å². The lowest BCUT2D eigenvalue weighted by Gasteiger charge is -2.37. The first kappa shape index (κ1) is 13.5. The van der Waals surface area contributed by atoms with Gasteiger partial charge in [-0.1, -0.05) is 13.8 Å². The lowest BCUT2D eigenvalue weighted by atomic mass is 9.91. The Kier molecular flexibility index (Phi) is 5.77. The molecule has 2 atom stereocenters. The van der Waals surface area contributed by atoms with Gasteiger partial charge in [-0.3, -0.25) is 9.69 Å². The number of piperidine rings is 1. The van der Waals surface area contributed by atoms with E-state index in [4.69, 9.17) is 4.74 Å². The first-order valence-corrected chi connectivity index (χ1v) is 6.21. The number of carbonyl (C=O) groups is 1. The maximum atomic E-state index is 11.2. The minimum atomic E-state index is -0.692. The summed E-state index contributed by atoms with van der Waals surface area (Å²) in [6.07, 6.45) is 3.13. The fourth-order valence-corrected chi connectivity index (χ4v) is 2.35. The van der Waals surface area contributed by atoms with Crippen LogP contribution in [0.5, 0.6) is 0 Å². The topological polar surface area (TPSA) is 49.8 Å². The molecule has 1 aliphatic heterocycles. The summed E-state index contributed by atoms with van der Waals surface area (Å²) in [5.41, 5.74) is 0. The van der Waals surface area contributed by atoms with Gasteiger partial charge in [0.05, 0.1) is 6.61 Å². The van der Waals surface area contributed by atoms with Crippen molar-refractivity contribution in [1.29, 1.82) is 0 Å². The molecule has 0 aromatic rings. The number of carboxylic acid groups (broad SMARTS) is 1. The van der Waals surface area contributed by atoms with Crippen LogP contribution in [0.3, 0.4) is 0 Å². The maximum absolute atomic E-state index is 11.2. The fourth-order valence-electron chi connectivity index (χ4n) is 2.35. The Morgan fingerprint density at radius 1 is 1.50 bits per heavy atom. The third-order valence-corrected chi connectivity index (χ3v) is 3.16. The van der Waals surface area contributed by atoms with Gasteiger partial charge < -0.3 is 9.84 Å². The van der Waals surface area contributed by atoms with E-state index in [0.717, 1.165) is 39.0 Å². The van der Waals surface area contributed by atoms with Gasteiger partial charge in [0.1, 0.15) is 6.04 Å². The number of ether oxygens (including phenoxy) is 1. The Morgan fingerprint density at radius 3 is 2.88 bits per heavy atom. The minimum absolute atomic E-state index is 0.248. The molecule has 1 fully saturated rings. The van der Waals surface area contributed by atoms with Gasteiger partial charge in [0.25, 0.3) is 0 Å². The molecule has 4 nitrogen and oxygen atoms in total. The van der Waals surface area contributed by atoms with Crippen molar-refractivity contribution in [3.63, 3.8) is 0 Å². The van der Waals surface area contributed by atoms with Crippen molar-refractivity contribution in [2.45, 2.75) is 39.2 Å². The second kappa shape index (κ2) is 6.86. The van der Waals surface area contributed by atoms with Crippen LogP contribution in [0.1, 0.15) is 33.1 Å². The predicted octanol–water partition coefficient (Wildman–Crippen LogP) is 1.60. The zero-order valence-electron chi connectivity index (χ0n) is 10.3. The Hall–Kier alpha value is -0.610. The normalized spacial score (nSPS) is 26.9. The third kappa shape index (κ3) is 3.76. The van der Waals surface area contributed by atoms with E-state index in [9.17, 15) is 9.90 Å². The van der Waals surface area contributed by atoms with Crippen molar-refractivity contribution >= 4 is 5.97 Å². The molecule has 1 N–H and O–H groups in total. The summed E-state index contributed by atoms with van der Waals surface area (Å²) in [5, 5.41) is 9.20. The highest BCUT2D eigenvalue weighted by molar-refractivity contribution is 5.74. The van der Waals surface area contributed by atoms with E-state index < -0.39 is 5.97 Å². The largest absolute Gasteiger partial charge is 0.480 e. The molecule has 0 aromatic heterocycles. The highest BCUT2D eigenvalue weighted by atomic mass is 16.5. The van der Waals surface area contributed by atoms with Crippen molar-refractivity contribution < 1.29 is 14.6 Å². The van der Waals surface area contributed by atoms with E-state index in [2.05, 4.69) is 6.92 Å². The molecule has 4 heteroatoms. The second-order valence-electron chi connectivity index (χ2n) is 4.55. The highest BCUT2D eigenvalue weighted by Crippen LogP contribution is 2.23. The molecule has 0 radical (unpaired) electrons. The Balaban J connectivity index is 2.39. The van der Waals surface area contributed by atoms with Crippen LogP contribution in [-0.4, -0.2) is 48.3 Å². The van der Waals surface area contributed by atoms with Crippen LogP contribution in [0.2, 0.25) is 0 Å². The number of rotatable bonds is 6. The van der Waals surface area contributed by atoms with Crippen LogP contribution in [0.15, 0.2) is 0 Å². The molecule has 94 valence electrons. The standard InChI is InChI=1S/C12H23NO3/c1-3-8-16-9-7-13-6-4-5-10(2)11(13)12(14)15/h10-11H,3-9H2,1-2H3,(H,14,15). The lowest BCUT2D eigenvalue weighted by molar-refractivity contribution is -0.147. The van der Waals surface area contributed by atoms with Crippen LogP contribution in [0, 0.1) is 5.92 Å². The summed E-state index contributed by atoms with van der Waals surface area (Å²) in [6, 6.07) is -0.320. The molecule has 0 bridgehead atoms. The Labute approximate surface area is 97.6 Å². The zero-order valence-corrected chi connectivity index (χ0v) is 10.3. The minimum Gasteiger partial charge on any atom is -0.480 e. The molecular formula is C12H23NO3. The molecule has 0 spiro atoms. The predicted molar refractivity (Wildman–Crippen MR) is 62.5 cm³/mol. The van der Waals surface area contributed by atoms with Crippen molar-refractivity contribution in [2.75, 3.05) is 26.3 Å². The second-order valence-corrected chi connectivity index (χ2v) is 4.55. The van der Waals surface area contributed by atoms with Gasteiger partial charge >= 0.3 is 5.97 Å². The summed E-state index contributed by atoms with van der Waals surface area (Å²) < 4.78 is 5.41. The summed E-state index contributed by atoms with van der Waals surface area (Å²) in [5.74, 6) is -0.444. The molecular weight excluding hydrogens is 206 g/mol. The molecule has 2 unspecified atom stereocenters. The van der Waals surface area contributed by atoms with Gasteiger partial charge in [0, 0.05) is 13.2 Å². The van der Waals surface area contributed by atoms with E-state index in [1.807, 2.05) is 11.8 Å². The number of nitrogens with zero attached hydrogens (tertiary/aromatic N) is 1. The molecule has 1 aliphatic rings. The number of hydrogen-bond donors (Lipinski definition) is 1. The Morgan fingerprint density at radius 2 is 2.25 bits per heavy atom. The molecule has 0 saturated carbocycles. The summed E-state index contributed by atoms with van der Waals surface area (Å²) in [7, 11) is 0. The van der Waals surface area contributed by atoms with Crippen molar-refractivity contribution in [3.05, 3.63) is 0 Å². The molecule has 1 saturated heterocycles. The average molecular weight is 229 g/mol. The first-order valence-electron chi connectivity index (χ1n) is 6.21. The van der Waals surface area contributed by atoms with Crippen LogP contribution >= 0.6 is 0 Å². The number of aliphatic carboxylic acids is 1. The van der Waals surface area contributed by atoms with Gasteiger partial charge in [-0.2, -0.15) is 0 Å². The highest BCUT2D eigenvalue weighted by Gasteiger charge is 2.33.